The van der Waals surface area contributed by atoms with Crippen molar-refractivity contribution in [2.75, 3.05) is 0 Å². The van der Waals surface area contributed by atoms with Gasteiger partial charge < -0.3 is 9.30 Å². The molecule has 30 heavy (non-hydrogen) atoms. The fourth-order valence-corrected chi connectivity index (χ4v) is 4.03. The van der Waals surface area contributed by atoms with Gasteiger partial charge in [-0.1, -0.05) is 6.07 Å². The maximum atomic E-state index is 12.7. The average Bonchev–Trinajstić information content (AvgIpc) is 2.67. The van der Waals surface area contributed by atoms with Gasteiger partial charge in [0.1, 0.15) is 12.3 Å². The molecule has 0 unspecified atom stereocenters. The first-order valence-electron chi connectivity index (χ1n) is 9.94. The number of fused-ring (bicyclic) bond motifs is 1. The van der Waals surface area contributed by atoms with E-state index in [2.05, 4.69) is 4.98 Å². The normalized spacial score (nSPS) is 11.0. The minimum Gasteiger partial charge on any atom is -0.457 e. The van der Waals surface area contributed by atoms with Crippen LogP contribution >= 0.6 is 0 Å². The lowest BCUT2D eigenvalue weighted by Crippen LogP contribution is -2.23. The number of aryl methyl sites for hydroxylation is 4. The van der Waals surface area contributed by atoms with Crippen LogP contribution < -0.4 is 5.56 Å². The second-order valence-electron chi connectivity index (χ2n) is 7.57. The second kappa shape index (κ2) is 8.22. The minimum absolute atomic E-state index is 0.00415. The molecule has 0 radical (unpaired) electrons. The fourth-order valence-electron chi connectivity index (χ4n) is 4.03. The lowest BCUT2D eigenvalue weighted by molar-refractivity contribution is 0.0471. The summed E-state index contributed by atoms with van der Waals surface area (Å²) in [5.74, 6) is -0.482. The van der Waals surface area contributed by atoms with Gasteiger partial charge in [0.05, 0.1) is 16.6 Å². The fraction of sp³-hybridized carbons (Fsp3) is 0.333. The summed E-state index contributed by atoms with van der Waals surface area (Å²) in [7, 11) is 0. The van der Waals surface area contributed by atoms with Gasteiger partial charge in [-0.15, -0.1) is 0 Å². The van der Waals surface area contributed by atoms with E-state index in [0.29, 0.717) is 34.4 Å². The molecule has 0 fully saturated rings. The molecule has 0 saturated carbocycles. The van der Waals surface area contributed by atoms with Gasteiger partial charge in [-0.05, 0) is 82.0 Å². The van der Waals surface area contributed by atoms with Crippen molar-refractivity contribution < 1.29 is 14.3 Å². The van der Waals surface area contributed by atoms with Crippen molar-refractivity contribution in [2.45, 2.75) is 54.7 Å². The lowest BCUT2D eigenvalue weighted by Gasteiger charge is -2.16. The van der Waals surface area contributed by atoms with Crippen LogP contribution in [0.3, 0.4) is 0 Å². The summed E-state index contributed by atoms with van der Waals surface area (Å²) in [5.41, 5.74) is 6.13. The molecule has 2 aromatic carbocycles. The number of benzene rings is 2. The molecule has 3 aromatic rings. The van der Waals surface area contributed by atoms with Gasteiger partial charge in [-0.25, -0.2) is 9.78 Å². The summed E-state index contributed by atoms with van der Waals surface area (Å²) in [5, 5.41) is 0. The molecule has 0 N–H and O–H groups in total. The molecule has 0 saturated heterocycles. The lowest BCUT2D eigenvalue weighted by atomic mass is 9.92. The molecule has 0 bridgehead atoms. The summed E-state index contributed by atoms with van der Waals surface area (Å²) < 4.78 is 7.20. The average molecular weight is 406 g/mol. The Balaban J connectivity index is 1.92. The van der Waals surface area contributed by atoms with Gasteiger partial charge in [0.2, 0.25) is 0 Å². The van der Waals surface area contributed by atoms with E-state index in [1.54, 1.807) is 36.6 Å². The first kappa shape index (κ1) is 21.4. The zero-order chi connectivity index (χ0) is 22.2. The number of hydrogen-bond acceptors (Lipinski definition) is 5. The summed E-state index contributed by atoms with van der Waals surface area (Å²) in [6, 6.07) is 6.95. The molecule has 1 heterocycles. The Hall–Kier alpha value is -3.28. The Bertz CT molecular complexity index is 1240. The zero-order valence-corrected chi connectivity index (χ0v) is 18.3. The number of carbonyl (C=O) groups excluding carboxylic acids is 2. The summed E-state index contributed by atoms with van der Waals surface area (Å²) >= 11 is 0. The number of nitrogens with zero attached hydrogens (tertiary/aromatic N) is 2. The van der Waals surface area contributed by atoms with Crippen LogP contribution in [0.15, 0.2) is 29.1 Å². The Labute approximate surface area is 175 Å². The number of rotatable bonds is 5. The van der Waals surface area contributed by atoms with E-state index in [1.165, 1.54) is 0 Å². The number of ketones is 1. The minimum atomic E-state index is -0.477. The first-order valence-corrected chi connectivity index (χ1v) is 9.94. The molecule has 0 aliphatic heterocycles. The Morgan fingerprint density at radius 2 is 1.77 bits per heavy atom. The van der Waals surface area contributed by atoms with E-state index >= 15 is 0 Å². The number of ether oxygens (including phenoxy) is 1. The maximum Gasteiger partial charge on any atom is 0.338 e. The van der Waals surface area contributed by atoms with E-state index in [1.807, 2.05) is 33.8 Å². The highest BCUT2D eigenvalue weighted by atomic mass is 16.5. The van der Waals surface area contributed by atoms with Gasteiger partial charge in [-0.3, -0.25) is 9.59 Å². The predicted octanol–water partition coefficient (Wildman–Crippen LogP) is 4.21. The third kappa shape index (κ3) is 3.77. The maximum absolute atomic E-state index is 12.7. The van der Waals surface area contributed by atoms with Crippen LogP contribution in [-0.2, 0) is 17.9 Å². The van der Waals surface area contributed by atoms with E-state index in [-0.39, 0.29) is 17.9 Å². The highest BCUT2D eigenvalue weighted by molar-refractivity contribution is 5.97. The molecule has 156 valence electrons. The molecule has 6 nitrogen and oxygen atoms in total. The van der Waals surface area contributed by atoms with Gasteiger partial charge >= 0.3 is 5.97 Å². The highest BCUT2D eigenvalue weighted by Gasteiger charge is 2.17. The number of esters is 1. The quantitative estimate of drug-likeness (QED) is 0.468. The molecule has 0 atom stereocenters. The number of aromatic nitrogens is 2. The largest absolute Gasteiger partial charge is 0.457 e. The van der Waals surface area contributed by atoms with Crippen LogP contribution in [0.4, 0.5) is 0 Å². The van der Waals surface area contributed by atoms with Crippen LogP contribution in [-0.4, -0.2) is 21.3 Å². The highest BCUT2D eigenvalue weighted by Crippen LogP contribution is 2.24. The van der Waals surface area contributed by atoms with E-state index in [0.717, 1.165) is 22.3 Å². The zero-order valence-electron chi connectivity index (χ0n) is 18.3. The Morgan fingerprint density at radius 1 is 1.07 bits per heavy atom. The Morgan fingerprint density at radius 3 is 2.40 bits per heavy atom. The predicted molar refractivity (Wildman–Crippen MR) is 116 cm³/mol. The SMILES string of the molecule is CCn1c(=O)c(C)nc2cc(C(=O)OCc3c(C)cc(C)c(C(C)=O)c3C)ccc21. The second-order valence-corrected chi connectivity index (χ2v) is 7.57. The van der Waals surface area contributed by atoms with Crippen molar-refractivity contribution in [2.24, 2.45) is 0 Å². The molecule has 6 heteroatoms. The first-order chi connectivity index (χ1) is 14.1. The third-order valence-electron chi connectivity index (χ3n) is 5.49. The molecule has 0 aliphatic carbocycles. The smallest absolute Gasteiger partial charge is 0.338 e. The Kier molecular flexibility index (Phi) is 5.87. The molecule has 0 amide bonds. The molecule has 3 rings (SSSR count). The standard InChI is InChI=1S/C24H26N2O4/c1-7-26-21-9-8-18(11-20(21)25-16(5)23(26)28)24(29)30-12-19-13(2)10-14(3)22(15(19)4)17(6)27/h8-11H,7,12H2,1-6H3. The van der Waals surface area contributed by atoms with Crippen molar-refractivity contribution in [1.29, 1.82) is 0 Å². The number of hydrogen-bond donors (Lipinski definition) is 0. The van der Waals surface area contributed by atoms with Crippen molar-refractivity contribution in [3.63, 3.8) is 0 Å². The number of carbonyl (C=O) groups is 2. The van der Waals surface area contributed by atoms with Crippen molar-refractivity contribution in [3.05, 3.63) is 73.7 Å². The molecule has 0 aliphatic rings. The van der Waals surface area contributed by atoms with Crippen LogP contribution in [0.5, 0.6) is 0 Å². The topological polar surface area (TPSA) is 78.3 Å². The van der Waals surface area contributed by atoms with Crippen molar-refractivity contribution in [3.8, 4) is 0 Å². The summed E-state index contributed by atoms with van der Waals surface area (Å²) in [4.78, 5) is 41.3. The van der Waals surface area contributed by atoms with Gasteiger partial charge in [0.25, 0.3) is 5.56 Å². The van der Waals surface area contributed by atoms with E-state index < -0.39 is 5.97 Å². The molecular weight excluding hydrogens is 380 g/mol. The monoisotopic (exact) mass is 406 g/mol. The molecule has 1 aromatic heterocycles. The van der Waals surface area contributed by atoms with E-state index in [9.17, 15) is 14.4 Å². The summed E-state index contributed by atoms with van der Waals surface area (Å²) in [6.07, 6.45) is 0. The van der Waals surface area contributed by atoms with Crippen LogP contribution in [0, 0.1) is 27.7 Å². The van der Waals surface area contributed by atoms with Crippen LogP contribution in [0.2, 0.25) is 0 Å². The van der Waals surface area contributed by atoms with Crippen molar-refractivity contribution in [1.82, 2.24) is 9.55 Å². The molecule has 0 spiro atoms. The van der Waals surface area contributed by atoms with Gasteiger partial charge in [-0.2, -0.15) is 0 Å². The number of Topliss-reactive ketones (excluding diaryl/α,β-unsaturated/α-hetero) is 1. The van der Waals surface area contributed by atoms with E-state index in [4.69, 9.17) is 4.74 Å². The summed E-state index contributed by atoms with van der Waals surface area (Å²) in [6.45, 7) is 11.4. The third-order valence-corrected chi connectivity index (χ3v) is 5.49. The van der Waals surface area contributed by atoms with Crippen molar-refractivity contribution >= 4 is 22.8 Å². The van der Waals surface area contributed by atoms with Crippen LogP contribution in [0.25, 0.3) is 11.0 Å². The molecular formula is C24H26N2O4. The van der Waals surface area contributed by atoms with Crippen LogP contribution in [0.1, 0.15) is 62.5 Å². The van der Waals surface area contributed by atoms with Gasteiger partial charge in [0, 0.05) is 12.1 Å². The van der Waals surface area contributed by atoms with Gasteiger partial charge in [0.15, 0.2) is 5.78 Å².